The van der Waals surface area contributed by atoms with Crippen LogP contribution in [0.25, 0.3) is 6.08 Å². The van der Waals surface area contributed by atoms with Crippen molar-refractivity contribution in [2.24, 2.45) is 35.6 Å². The number of rotatable bonds is 1. The maximum Gasteiger partial charge on any atom is 0.165 e. The second-order valence-corrected chi connectivity index (χ2v) is 10.7. The molecule has 3 fully saturated rings. The van der Waals surface area contributed by atoms with Gasteiger partial charge in [-0.2, -0.15) is 5.10 Å². The smallest absolute Gasteiger partial charge is 0.165 e. The van der Waals surface area contributed by atoms with E-state index in [4.69, 9.17) is 0 Å². The molecule has 0 saturated heterocycles. The number of allylic oxidation sites excluding steroid dienone is 2. The van der Waals surface area contributed by atoms with Crippen molar-refractivity contribution in [3.05, 3.63) is 34.7 Å². The normalized spacial score (nSPS) is 43.0. The number of ketones is 1. The van der Waals surface area contributed by atoms with Crippen molar-refractivity contribution < 1.29 is 9.90 Å². The number of aromatic nitrogens is 2. The summed E-state index contributed by atoms with van der Waals surface area (Å²) in [6.07, 6.45) is 13.4. The number of hydrogen-bond acceptors (Lipinski definition) is 3. The summed E-state index contributed by atoms with van der Waals surface area (Å²) in [7, 11) is 1.94. The summed E-state index contributed by atoms with van der Waals surface area (Å²) in [5, 5.41) is 14.6. The van der Waals surface area contributed by atoms with E-state index in [1.165, 1.54) is 5.57 Å². The minimum absolute atomic E-state index is 0.162. The summed E-state index contributed by atoms with van der Waals surface area (Å²) in [6.45, 7) is 6.69. The Morgan fingerprint density at radius 2 is 1.93 bits per heavy atom. The average Bonchev–Trinajstić information content (AvgIpc) is 3.12. The Morgan fingerprint density at radius 1 is 1.17 bits per heavy atom. The standard InChI is InChI=1S/C25H34N2O2/c1-15-17(14-27(4)26-15)11-16-12-22-20-6-5-18-13-19(28)7-9-24(18,2)21(20)8-10-25(22,3)23(16)29/h5,11,14,19-22,28H,6-10,12-13H2,1-4H3/b16-11-/t19-,20-,21+,22+,24-,25-/m0/s1. The summed E-state index contributed by atoms with van der Waals surface area (Å²) in [6, 6.07) is 0. The molecule has 0 unspecified atom stereocenters. The first-order valence-electron chi connectivity index (χ1n) is 11.4. The number of hydrogen-bond donors (Lipinski definition) is 1. The molecule has 4 aliphatic rings. The van der Waals surface area contributed by atoms with Gasteiger partial charge in [0.1, 0.15) is 0 Å². The number of fused-ring (bicyclic) bond motifs is 5. The van der Waals surface area contributed by atoms with E-state index >= 15 is 0 Å². The zero-order valence-corrected chi connectivity index (χ0v) is 18.2. The van der Waals surface area contributed by atoms with Crippen molar-refractivity contribution >= 4 is 11.9 Å². The van der Waals surface area contributed by atoms with E-state index in [2.05, 4.69) is 31.1 Å². The van der Waals surface area contributed by atoms with Crippen molar-refractivity contribution in [1.82, 2.24) is 9.78 Å². The van der Waals surface area contributed by atoms with Gasteiger partial charge in [-0.3, -0.25) is 9.48 Å². The Morgan fingerprint density at radius 3 is 2.66 bits per heavy atom. The lowest BCUT2D eigenvalue weighted by atomic mass is 9.48. The molecule has 0 radical (unpaired) electrons. The van der Waals surface area contributed by atoms with Crippen molar-refractivity contribution in [3.8, 4) is 0 Å². The highest BCUT2D eigenvalue weighted by Gasteiger charge is 2.59. The molecule has 5 rings (SSSR count). The minimum atomic E-state index is -0.209. The zero-order valence-electron chi connectivity index (χ0n) is 18.2. The van der Waals surface area contributed by atoms with Gasteiger partial charge in [-0.15, -0.1) is 0 Å². The predicted molar refractivity (Wildman–Crippen MR) is 114 cm³/mol. The number of aliphatic hydroxyl groups is 1. The number of Topliss-reactive ketones (excluding diaryl/α,β-unsaturated/α-hetero) is 1. The van der Waals surface area contributed by atoms with Gasteiger partial charge in [0.2, 0.25) is 0 Å². The number of nitrogens with zero attached hydrogens (tertiary/aromatic N) is 2. The topological polar surface area (TPSA) is 55.1 Å². The van der Waals surface area contributed by atoms with Gasteiger partial charge in [0.15, 0.2) is 5.78 Å². The lowest BCUT2D eigenvalue weighted by Crippen LogP contribution is -2.50. The molecule has 6 atom stereocenters. The Kier molecular flexibility index (Phi) is 4.26. The molecule has 3 saturated carbocycles. The van der Waals surface area contributed by atoms with E-state index in [0.29, 0.717) is 23.5 Å². The first kappa shape index (κ1) is 19.3. The quantitative estimate of drug-likeness (QED) is 0.559. The van der Waals surface area contributed by atoms with Gasteiger partial charge in [0, 0.05) is 24.2 Å². The van der Waals surface area contributed by atoms with Crippen molar-refractivity contribution in [2.45, 2.75) is 71.8 Å². The fourth-order valence-corrected chi connectivity index (χ4v) is 7.39. The highest BCUT2D eigenvalue weighted by molar-refractivity contribution is 6.06. The Bertz CT molecular complexity index is 925. The fourth-order valence-electron chi connectivity index (χ4n) is 7.39. The van der Waals surface area contributed by atoms with Gasteiger partial charge < -0.3 is 5.11 Å². The van der Waals surface area contributed by atoms with Crippen LogP contribution in [-0.4, -0.2) is 26.8 Å². The average molecular weight is 395 g/mol. The number of carbonyl (C=O) groups excluding carboxylic acids is 1. The van der Waals surface area contributed by atoms with Crippen molar-refractivity contribution in [3.63, 3.8) is 0 Å². The van der Waals surface area contributed by atoms with Crippen LogP contribution >= 0.6 is 0 Å². The molecule has 4 heteroatoms. The number of carbonyl (C=O) groups is 1. The molecule has 0 aromatic carbocycles. The second kappa shape index (κ2) is 6.41. The van der Waals surface area contributed by atoms with E-state index in [1.54, 1.807) is 0 Å². The van der Waals surface area contributed by atoms with E-state index < -0.39 is 0 Å². The monoisotopic (exact) mass is 394 g/mol. The van der Waals surface area contributed by atoms with Gasteiger partial charge in [-0.05, 0) is 86.7 Å². The molecule has 1 N–H and O–H groups in total. The predicted octanol–water partition coefficient (Wildman–Crippen LogP) is 4.61. The maximum absolute atomic E-state index is 13.5. The van der Waals surface area contributed by atoms with Gasteiger partial charge in [0.25, 0.3) is 0 Å². The van der Waals surface area contributed by atoms with Crippen LogP contribution in [0.1, 0.15) is 70.1 Å². The summed E-state index contributed by atoms with van der Waals surface area (Å²) in [5.74, 6) is 2.06. The molecule has 156 valence electrons. The first-order valence-corrected chi connectivity index (χ1v) is 11.4. The van der Waals surface area contributed by atoms with Crippen LogP contribution in [0.4, 0.5) is 0 Å². The molecule has 29 heavy (non-hydrogen) atoms. The number of aryl methyl sites for hydroxylation is 2. The third kappa shape index (κ3) is 2.74. The Labute approximate surface area is 174 Å². The molecular formula is C25H34N2O2. The van der Waals surface area contributed by atoms with Crippen LogP contribution in [0, 0.1) is 35.5 Å². The second-order valence-electron chi connectivity index (χ2n) is 10.7. The molecule has 1 heterocycles. The molecule has 0 bridgehead atoms. The molecule has 4 nitrogen and oxygen atoms in total. The van der Waals surface area contributed by atoms with Crippen LogP contribution in [-0.2, 0) is 11.8 Å². The lowest BCUT2D eigenvalue weighted by molar-refractivity contribution is -0.130. The molecule has 0 amide bonds. The van der Waals surface area contributed by atoms with Crippen molar-refractivity contribution in [2.75, 3.05) is 0 Å². The molecule has 4 aliphatic carbocycles. The van der Waals surface area contributed by atoms with Gasteiger partial charge in [-0.25, -0.2) is 0 Å². The summed E-state index contributed by atoms with van der Waals surface area (Å²) >= 11 is 0. The first-order chi connectivity index (χ1) is 13.7. The Hall–Kier alpha value is -1.68. The summed E-state index contributed by atoms with van der Waals surface area (Å²) in [5.41, 5.74) is 4.58. The van der Waals surface area contributed by atoms with Crippen LogP contribution in [0.15, 0.2) is 23.4 Å². The third-order valence-electron chi connectivity index (χ3n) is 9.10. The molecule has 1 aromatic rings. The summed E-state index contributed by atoms with van der Waals surface area (Å²) < 4.78 is 1.83. The fraction of sp³-hybridized carbons (Fsp3) is 0.680. The number of aliphatic hydroxyl groups excluding tert-OH is 1. The van der Waals surface area contributed by atoms with E-state index in [9.17, 15) is 9.90 Å². The van der Waals surface area contributed by atoms with Crippen LogP contribution in [0.2, 0.25) is 0 Å². The lowest BCUT2D eigenvalue weighted by Gasteiger charge is -2.56. The summed E-state index contributed by atoms with van der Waals surface area (Å²) in [4.78, 5) is 13.5. The third-order valence-corrected chi connectivity index (χ3v) is 9.10. The van der Waals surface area contributed by atoms with Crippen LogP contribution in [0.5, 0.6) is 0 Å². The molecule has 1 aromatic heterocycles. The molecule has 0 spiro atoms. The zero-order chi connectivity index (χ0) is 20.6. The maximum atomic E-state index is 13.5. The van der Waals surface area contributed by atoms with Crippen LogP contribution < -0.4 is 0 Å². The highest BCUT2D eigenvalue weighted by atomic mass is 16.3. The van der Waals surface area contributed by atoms with Crippen molar-refractivity contribution in [1.29, 1.82) is 0 Å². The van der Waals surface area contributed by atoms with Gasteiger partial charge in [0.05, 0.1) is 11.8 Å². The Balaban J connectivity index is 1.49. The largest absolute Gasteiger partial charge is 0.393 e. The van der Waals surface area contributed by atoms with Gasteiger partial charge >= 0.3 is 0 Å². The molecular weight excluding hydrogens is 360 g/mol. The SMILES string of the molecule is Cc1nn(C)cc1/C=C1/C[C@@H]2[C@H]3CC=C4C[C@@H](O)CC[C@]4(C)[C@@H]3CC[C@]2(C)C1=O. The van der Waals surface area contributed by atoms with E-state index in [-0.39, 0.29) is 16.9 Å². The highest BCUT2D eigenvalue weighted by Crippen LogP contribution is 2.64. The van der Waals surface area contributed by atoms with Crippen LogP contribution in [0.3, 0.4) is 0 Å². The van der Waals surface area contributed by atoms with E-state index in [0.717, 1.165) is 61.8 Å². The molecule has 0 aliphatic heterocycles. The minimum Gasteiger partial charge on any atom is -0.393 e. The van der Waals surface area contributed by atoms with Gasteiger partial charge in [-0.1, -0.05) is 25.5 Å². The van der Waals surface area contributed by atoms with E-state index in [1.807, 2.05) is 24.9 Å².